The number of amides is 1. The number of carbonyl (C=O) groups is 1. The lowest BCUT2D eigenvalue weighted by Crippen LogP contribution is -2.42. The SMILES string of the molecule is CC(C)C[C@@H](Cn1cc(CC(O)C(C)(C)C)nn1)NC(=O)C1CC=CCC1. The minimum Gasteiger partial charge on any atom is -0.392 e. The largest absolute Gasteiger partial charge is 0.392 e. The molecule has 3 atom stereocenters. The minimum absolute atomic E-state index is 0.0329. The van der Waals surface area contributed by atoms with E-state index in [1.165, 1.54) is 0 Å². The Morgan fingerprint density at radius 3 is 2.70 bits per heavy atom. The van der Waals surface area contributed by atoms with Crippen LogP contribution in [0, 0.1) is 17.3 Å². The molecule has 1 aromatic rings. The van der Waals surface area contributed by atoms with Gasteiger partial charge in [-0.2, -0.15) is 0 Å². The molecule has 0 bridgehead atoms. The van der Waals surface area contributed by atoms with Crippen molar-refractivity contribution in [2.45, 2.75) is 85.4 Å². The van der Waals surface area contributed by atoms with Crippen molar-refractivity contribution >= 4 is 5.91 Å². The van der Waals surface area contributed by atoms with Crippen molar-refractivity contribution < 1.29 is 9.90 Å². The lowest BCUT2D eigenvalue weighted by molar-refractivity contribution is -0.126. The fourth-order valence-electron chi connectivity index (χ4n) is 3.35. The lowest BCUT2D eigenvalue weighted by atomic mass is 9.87. The van der Waals surface area contributed by atoms with Crippen LogP contribution in [0.1, 0.15) is 66.0 Å². The molecule has 1 heterocycles. The third-order valence-corrected chi connectivity index (χ3v) is 5.14. The molecular formula is C21H36N4O2. The van der Waals surface area contributed by atoms with E-state index in [4.69, 9.17) is 0 Å². The number of allylic oxidation sites excluding steroid dienone is 2. The second-order valence-corrected chi connectivity index (χ2v) is 9.33. The summed E-state index contributed by atoms with van der Waals surface area (Å²) in [5.41, 5.74) is 0.594. The predicted octanol–water partition coefficient (Wildman–Crippen LogP) is 3.11. The van der Waals surface area contributed by atoms with Crippen molar-refractivity contribution in [2.24, 2.45) is 17.3 Å². The first-order chi connectivity index (χ1) is 12.6. The zero-order valence-electron chi connectivity index (χ0n) is 17.5. The van der Waals surface area contributed by atoms with Gasteiger partial charge in [-0.3, -0.25) is 9.48 Å². The smallest absolute Gasteiger partial charge is 0.223 e. The minimum atomic E-state index is -0.465. The van der Waals surface area contributed by atoms with Crippen LogP contribution in [-0.4, -0.2) is 38.2 Å². The number of aliphatic hydroxyl groups excluding tert-OH is 1. The summed E-state index contributed by atoms with van der Waals surface area (Å²) in [6.45, 7) is 11.0. The number of rotatable bonds is 8. The third-order valence-electron chi connectivity index (χ3n) is 5.14. The molecule has 1 aliphatic carbocycles. The quantitative estimate of drug-likeness (QED) is 0.683. The number of nitrogens with zero attached hydrogens (tertiary/aromatic N) is 3. The molecule has 2 unspecified atom stereocenters. The van der Waals surface area contributed by atoms with Crippen LogP contribution in [0.15, 0.2) is 18.3 Å². The van der Waals surface area contributed by atoms with E-state index >= 15 is 0 Å². The van der Waals surface area contributed by atoms with Gasteiger partial charge in [-0.15, -0.1) is 5.10 Å². The Hall–Kier alpha value is -1.69. The zero-order chi connectivity index (χ0) is 20.0. The normalized spacial score (nSPS) is 19.9. The maximum atomic E-state index is 12.6. The van der Waals surface area contributed by atoms with Crippen LogP contribution >= 0.6 is 0 Å². The molecule has 0 fully saturated rings. The molecule has 27 heavy (non-hydrogen) atoms. The van der Waals surface area contributed by atoms with Gasteiger partial charge in [-0.05, 0) is 37.0 Å². The van der Waals surface area contributed by atoms with Crippen LogP contribution in [0.3, 0.4) is 0 Å². The van der Waals surface area contributed by atoms with E-state index in [2.05, 4.69) is 41.6 Å². The topological polar surface area (TPSA) is 80.0 Å². The number of carbonyl (C=O) groups excluding carboxylic acids is 1. The first-order valence-electron chi connectivity index (χ1n) is 10.2. The first-order valence-corrected chi connectivity index (χ1v) is 10.2. The van der Waals surface area contributed by atoms with Crippen LogP contribution < -0.4 is 5.32 Å². The molecule has 6 nitrogen and oxygen atoms in total. The average Bonchev–Trinajstić information content (AvgIpc) is 3.01. The third kappa shape index (κ3) is 7.09. The number of hydrogen-bond acceptors (Lipinski definition) is 4. The highest BCUT2D eigenvalue weighted by atomic mass is 16.3. The summed E-state index contributed by atoms with van der Waals surface area (Å²) in [5, 5.41) is 21.9. The summed E-state index contributed by atoms with van der Waals surface area (Å²) in [6, 6.07) is 0.0329. The van der Waals surface area contributed by atoms with E-state index < -0.39 is 6.10 Å². The molecular weight excluding hydrogens is 340 g/mol. The summed E-state index contributed by atoms with van der Waals surface area (Å²) in [7, 11) is 0. The molecule has 0 radical (unpaired) electrons. The first kappa shape index (κ1) is 21.6. The van der Waals surface area contributed by atoms with Gasteiger partial charge in [-0.25, -0.2) is 0 Å². The summed E-state index contributed by atoms with van der Waals surface area (Å²) < 4.78 is 1.79. The highest BCUT2D eigenvalue weighted by molar-refractivity contribution is 5.79. The molecule has 1 aromatic heterocycles. The Kier molecular flexibility index (Phi) is 7.59. The fraction of sp³-hybridized carbons (Fsp3) is 0.762. The number of nitrogens with one attached hydrogen (secondary N) is 1. The summed E-state index contributed by atoms with van der Waals surface area (Å²) in [4.78, 5) is 12.6. The van der Waals surface area contributed by atoms with Crippen LogP contribution in [0.2, 0.25) is 0 Å². The van der Waals surface area contributed by atoms with E-state index in [0.29, 0.717) is 18.9 Å². The van der Waals surface area contributed by atoms with Crippen molar-refractivity contribution in [2.75, 3.05) is 0 Å². The summed E-state index contributed by atoms with van der Waals surface area (Å²) in [5.74, 6) is 0.707. The van der Waals surface area contributed by atoms with Crippen molar-refractivity contribution in [1.29, 1.82) is 0 Å². The Labute approximate surface area is 163 Å². The van der Waals surface area contributed by atoms with E-state index in [-0.39, 0.29) is 23.3 Å². The molecule has 0 spiro atoms. The molecule has 2 rings (SSSR count). The van der Waals surface area contributed by atoms with Crippen LogP contribution in [0.4, 0.5) is 0 Å². The molecule has 1 aliphatic rings. The van der Waals surface area contributed by atoms with Crippen LogP contribution in [0.25, 0.3) is 0 Å². The van der Waals surface area contributed by atoms with Crippen molar-refractivity contribution in [3.63, 3.8) is 0 Å². The van der Waals surface area contributed by atoms with Gasteiger partial charge in [0.2, 0.25) is 5.91 Å². The predicted molar refractivity (Wildman–Crippen MR) is 107 cm³/mol. The molecule has 1 amide bonds. The van der Waals surface area contributed by atoms with E-state index in [1.807, 2.05) is 27.0 Å². The molecule has 0 saturated heterocycles. The van der Waals surface area contributed by atoms with Gasteiger partial charge < -0.3 is 10.4 Å². The van der Waals surface area contributed by atoms with Gasteiger partial charge in [0, 0.05) is 24.6 Å². The summed E-state index contributed by atoms with van der Waals surface area (Å²) >= 11 is 0. The molecule has 0 saturated carbocycles. The monoisotopic (exact) mass is 376 g/mol. The van der Waals surface area contributed by atoms with Gasteiger partial charge in [-0.1, -0.05) is 52.0 Å². The van der Waals surface area contributed by atoms with Crippen LogP contribution in [-0.2, 0) is 17.8 Å². The number of hydrogen-bond donors (Lipinski definition) is 2. The Morgan fingerprint density at radius 1 is 1.37 bits per heavy atom. The highest BCUT2D eigenvalue weighted by Gasteiger charge is 2.25. The van der Waals surface area contributed by atoms with Gasteiger partial charge in [0.1, 0.15) is 0 Å². The van der Waals surface area contributed by atoms with Gasteiger partial charge in [0.25, 0.3) is 0 Å². The number of aromatic nitrogens is 3. The Balaban J connectivity index is 1.97. The maximum Gasteiger partial charge on any atom is 0.223 e. The molecule has 0 aromatic carbocycles. The molecule has 6 heteroatoms. The maximum absolute atomic E-state index is 12.6. The second kappa shape index (κ2) is 9.49. The Bertz CT molecular complexity index is 630. The van der Waals surface area contributed by atoms with Crippen molar-refractivity contribution in [1.82, 2.24) is 20.3 Å². The van der Waals surface area contributed by atoms with Crippen LogP contribution in [0.5, 0.6) is 0 Å². The lowest BCUT2D eigenvalue weighted by Gasteiger charge is -2.25. The Morgan fingerprint density at radius 2 is 2.11 bits per heavy atom. The standard InChI is InChI=1S/C21H36N4O2/c1-15(2)11-17(22-20(27)16-9-7-6-8-10-16)13-25-14-18(23-24-25)12-19(26)21(3,4)5/h6-7,14-17,19,26H,8-13H2,1-5H3,(H,22,27)/t16?,17-,19?/m0/s1. The van der Waals surface area contributed by atoms with E-state index in [1.54, 1.807) is 4.68 Å². The highest BCUT2D eigenvalue weighted by Crippen LogP contribution is 2.22. The molecule has 2 N–H and O–H groups in total. The van der Waals surface area contributed by atoms with Gasteiger partial charge in [0.05, 0.1) is 18.3 Å². The molecule has 0 aliphatic heterocycles. The van der Waals surface area contributed by atoms with E-state index in [9.17, 15) is 9.90 Å². The van der Waals surface area contributed by atoms with Gasteiger partial charge >= 0.3 is 0 Å². The van der Waals surface area contributed by atoms with Crippen molar-refractivity contribution in [3.05, 3.63) is 24.0 Å². The second-order valence-electron chi connectivity index (χ2n) is 9.33. The van der Waals surface area contributed by atoms with Crippen molar-refractivity contribution in [3.8, 4) is 0 Å². The van der Waals surface area contributed by atoms with Gasteiger partial charge in [0.15, 0.2) is 0 Å². The zero-order valence-corrected chi connectivity index (χ0v) is 17.5. The fourth-order valence-corrected chi connectivity index (χ4v) is 3.35. The summed E-state index contributed by atoms with van der Waals surface area (Å²) in [6.07, 6.45) is 9.80. The van der Waals surface area contributed by atoms with E-state index in [0.717, 1.165) is 31.4 Å². The average molecular weight is 377 g/mol. The number of aliphatic hydroxyl groups is 1. The molecule has 152 valence electrons.